The molecule has 0 bridgehead atoms. The number of benzene rings is 1. The van der Waals surface area contributed by atoms with Crippen LogP contribution < -0.4 is 10.2 Å². The molecule has 4 nitrogen and oxygen atoms in total. The Bertz CT molecular complexity index is 499. The van der Waals surface area contributed by atoms with Gasteiger partial charge in [0.1, 0.15) is 6.04 Å². The number of hydrogen-bond acceptors (Lipinski definition) is 2. The minimum absolute atomic E-state index is 0.0424. The number of nitrogens with one attached hydrogen (secondary N) is 1. The van der Waals surface area contributed by atoms with Crippen molar-refractivity contribution in [1.29, 1.82) is 0 Å². The summed E-state index contributed by atoms with van der Waals surface area (Å²) in [5.41, 5.74) is 1.29. The van der Waals surface area contributed by atoms with Gasteiger partial charge in [0.15, 0.2) is 0 Å². The van der Waals surface area contributed by atoms with E-state index in [2.05, 4.69) is 12.2 Å². The Morgan fingerprint density at radius 3 is 2.68 bits per heavy atom. The fourth-order valence-electron chi connectivity index (χ4n) is 2.54. The Kier molecular flexibility index (Phi) is 3.88. The number of amides is 2. The van der Waals surface area contributed by atoms with Crippen molar-refractivity contribution in [1.82, 2.24) is 5.32 Å². The second-order valence-corrected chi connectivity index (χ2v) is 5.06. The normalized spacial score (nSPS) is 20.6. The molecule has 1 aliphatic heterocycles. The highest BCUT2D eigenvalue weighted by molar-refractivity contribution is 6.11. The van der Waals surface area contributed by atoms with Crippen LogP contribution in [0.5, 0.6) is 0 Å². The number of rotatable bonds is 3. The van der Waals surface area contributed by atoms with Crippen molar-refractivity contribution in [2.24, 2.45) is 0 Å². The Morgan fingerprint density at radius 1 is 1.32 bits per heavy atom. The molecule has 4 heteroatoms. The standard InChI is InChI=1S/C15H20N2O2/c1-4-7-10(2)17-13-9-6-5-8-12(13)14(18)16-11(3)15(17)19/h5-6,8-11H,4,7H2,1-3H3,(H,16,18). The largest absolute Gasteiger partial charge is 0.340 e. The van der Waals surface area contributed by atoms with Gasteiger partial charge >= 0.3 is 0 Å². The molecule has 0 saturated carbocycles. The third-order valence-corrected chi connectivity index (χ3v) is 3.51. The Hall–Kier alpha value is -1.84. The van der Waals surface area contributed by atoms with Gasteiger partial charge < -0.3 is 10.2 Å². The average Bonchev–Trinajstić information content (AvgIpc) is 2.47. The van der Waals surface area contributed by atoms with Gasteiger partial charge in [-0.3, -0.25) is 9.59 Å². The summed E-state index contributed by atoms with van der Waals surface area (Å²) in [5, 5.41) is 2.74. The first kappa shape index (κ1) is 13.6. The van der Waals surface area contributed by atoms with Crippen molar-refractivity contribution in [2.45, 2.75) is 45.7 Å². The van der Waals surface area contributed by atoms with Gasteiger partial charge in [-0.1, -0.05) is 25.5 Å². The fraction of sp³-hybridized carbons (Fsp3) is 0.467. The molecule has 2 unspecified atom stereocenters. The lowest BCUT2D eigenvalue weighted by Crippen LogP contribution is -2.47. The number of carbonyl (C=O) groups excluding carboxylic acids is 2. The highest BCUT2D eigenvalue weighted by atomic mass is 16.2. The van der Waals surface area contributed by atoms with Gasteiger partial charge in [0, 0.05) is 6.04 Å². The van der Waals surface area contributed by atoms with E-state index < -0.39 is 6.04 Å². The third-order valence-electron chi connectivity index (χ3n) is 3.51. The van der Waals surface area contributed by atoms with Gasteiger partial charge in [0.2, 0.25) is 5.91 Å². The molecule has 0 saturated heterocycles. The maximum Gasteiger partial charge on any atom is 0.254 e. The van der Waals surface area contributed by atoms with Gasteiger partial charge in [0.25, 0.3) is 5.91 Å². The summed E-state index contributed by atoms with van der Waals surface area (Å²) < 4.78 is 0. The van der Waals surface area contributed by atoms with E-state index in [0.29, 0.717) is 5.56 Å². The van der Waals surface area contributed by atoms with Crippen molar-refractivity contribution in [3.63, 3.8) is 0 Å². The van der Waals surface area contributed by atoms with E-state index in [0.717, 1.165) is 18.5 Å². The van der Waals surface area contributed by atoms with Crippen LogP contribution in [0.3, 0.4) is 0 Å². The molecule has 1 aliphatic rings. The van der Waals surface area contributed by atoms with E-state index in [-0.39, 0.29) is 17.9 Å². The summed E-state index contributed by atoms with van der Waals surface area (Å²) in [6, 6.07) is 6.90. The maximum atomic E-state index is 12.5. The highest BCUT2D eigenvalue weighted by Gasteiger charge is 2.33. The molecule has 0 aliphatic carbocycles. The predicted molar refractivity (Wildman–Crippen MR) is 75.2 cm³/mol. The summed E-state index contributed by atoms with van der Waals surface area (Å²) in [7, 11) is 0. The van der Waals surface area contributed by atoms with Crippen LogP contribution in [0.2, 0.25) is 0 Å². The summed E-state index contributed by atoms with van der Waals surface area (Å²) in [6.07, 6.45) is 1.92. The number of para-hydroxylation sites is 1. The van der Waals surface area contributed by atoms with E-state index in [4.69, 9.17) is 0 Å². The molecule has 1 aromatic rings. The quantitative estimate of drug-likeness (QED) is 0.907. The van der Waals surface area contributed by atoms with Crippen LogP contribution in [0.1, 0.15) is 44.0 Å². The smallest absolute Gasteiger partial charge is 0.254 e. The van der Waals surface area contributed by atoms with Crippen molar-refractivity contribution < 1.29 is 9.59 Å². The number of carbonyl (C=O) groups is 2. The van der Waals surface area contributed by atoms with Crippen molar-refractivity contribution in [3.8, 4) is 0 Å². The maximum absolute atomic E-state index is 12.5. The van der Waals surface area contributed by atoms with E-state index in [9.17, 15) is 9.59 Å². The van der Waals surface area contributed by atoms with Crippen LogP contribution in [0.15, 0.2) is 24.3 Å². The Balaban J connectivity index is 2.51. The van der Waals surface area contributed by atoms with Crippen LogP contribution >= 0.6 is 0 Å². The Morgan fingerprint density at radius 2 is 2.00 bits per heavy atom. The second-order valence-electron chi connectivity index (χ2n) is 5.06. The lowest BCUT2D eigenvalue weighted by Gasteiger charge is -2.30. The van der Waals surface area contributed by atoms with Crippen LogP contribution in [-0.4, -0.2) is 23.9 Å². The first-order chi connectivity index (χ1) is 9.06. The van der Waals surface area contributed by atoms with E-state index in [1.165, 1.54) is 0 Å². The predicted octanol–water partition coefficient (Wildman–Crippen LogP) is 2.34. The molecular formula is C15H20N2O2. The van der Waals surface area contributed by atoms with E-state index in [1.807, 2.05) is 25.1 Å². The summed E-state index contributed by atoms with van der Waals surface area (Å²) >= 11 is 0. The minimum Gasteiger partial charge on any atom is -0.340 e. The van der Waals surface area contributed by atoms with E-state index in [1.54, 1.807) is 17.9 Å². The monoisotopic (exact) mass is 260 g/mol. The third kappa shape index (κ3) is 2.48. The molecule has 19 heavy (non-hydrogen) atoms. The van der Waals surface area contributed by atoms with Crippen molar-refractivity contribution in [2.75, 3.05) is 4.90 Å². The molecule has 2 rings (SSSR count). The SMILES string of the molecule is CCCC(C)N1C(=O)C(C)NC(=O)c2ccccc21. The van der Waals surface area contributed by atoms with Crippen molar-refractivity contribution in [3.05, 3.63) is 29.8 Å². The van der Waals surface area contributed by atoms with Crippen LogP contribution in [0.4, 0.5) is 5.69 Å². The topological polar surface area (TPSA) is 49.4 Å². The molecule has 102 valence electrons. The number of nitrogens with zero attached hydrogens (tertiary/aromatic N) is 1. The van der Waals surface area contributed by atoms with E-state index >= 15 is 0 Å². The number of anilines is 1. The minimum atomic E-state index is -0.487. The van der Waals surface area contributed by atoms with Gasteiger partial charge in [-0.25, -0.2) is 0 Å². The average molecular weight is 260 g/mol. The van der Waals surface area contributed by atoms with Crippen LogP contribution in [0, 0.1) is 0 Å². The van der Waals surface area contributed by atoms with Gasteiger partial charge in [-0.15, -0.1) is 0 Å². The van der Waals surface area contributed by atoms with Gasteiger partial charge in [-0.05, 0) is 32.4 Å². The summed E-state index contributed by atoms with van der Waals surface area (Å²) in [4.78, 5) is 26.3. The summed E-state index contributed by atoms with van der Waals surface area (Å²) in [6.45, 7) is 5.86. The fourth-order valence-corrected chi connectivity index (χ4v) is 2.54. The summed E-state index contributed by atoms with van der Waals surface area (Å²) in [5.74, 6) is -0.220. The molecule has 0 aromatic heterocycles. The first-order valence-electron chi connectivity index (χ1n) is 6.79. The first-order valence-corrected chi connectivity index (χ1v) is 6.79. The number of fused-ring (bicyclic) bond motifs is 1. The highest BCUT2D eigenvalue weighted by Crippen LogP contribution is 2.27. The number of hydrogen-bond donors (Lipinski definition) is 1. The van der Waals surface area contributed by atoms with Crippen LogP contribution in [0.25, 0.3) is 0 Å². The van der Waals surface area contributed by atoms with Crippen molar-refractivity contribution >= 4 is 17.5 Å². The Labute approximate surface area is 113 Å². The van der Waals surface area contributed by atoms with Gasteiger partial charge in [-0.2, -0.15) is 0 Å². The molecular weight excluding hydrogens is 240 g/mol. The zero-order valence-electron chi connectivity index (χ0n) is 11.6. The van der Waals surface area contributed by atoms with Gasteiger partial charge in [0.05, 0.1) is 11.3 Å². The zero-order valence-corrected chi connectivity index (χ0v) is 11.6. The lowest BCUT2D eigenvalue weighted by molar-refractivity contribution is -0.120. The molecule has 1 heterocycles. The zero-order chi connectivity index (χ0) is 14.0. The molecule has 0 radical (unpaired) electrons. The lowest BCUT2D eigenvalue weighted by atomic mass is 10.1. The molecule has 1 aromatic carbocycles. The second kappa shape index (κ2) is 5.43. The molecule has 2 amide bonds. The van der Waals surface area contributed by atoms with Crippen LogP contribution in [-0.2, 0) is 4.79 Å². The molecule has 1 N–H and O–H groups in total. The molecule has 0 fully saturated rings. The molecule has 2 atom stereocenters. The molecule has 0 spiro atoms.